The lowest BCUT2D eigenvalue weighted by Gasteiger charge is -2.31. The molecule has 0 spiro atoms. The molecule has 1 aliphatic heterocycles. The maximum atomic E-state index is 12.3. The first kappa shape index (κ1) is 20.5. The first-order chi connectivity index (χ1) is 12.0. The molecule has 140 valence electrons. The van der Waals surface area contributed by atoms with E-state index < -0.39 is 12.1 Å². The molecular formula is C18H25BrClNO4. The standard InChI is InChI=1S/C18H25BrClNO4/c1-3-11-23-16-6-4-5-15(21-20)18(22)24-12(2)17(16)25-14-9-7-13(19)8-10-14/h7-10,12,15-17,21H,3-6,11H2,1-2H3/t12-,15-,16-,17-/m0/s1. The largest absolute Gasteiger partial charge is 0.484 e. The highest BCUT2D eigenvalue weighted by molar-refractivity contribution is 9.10. The van der Waals surface area contributed by atoms with E-state index in [-0.39, 0.29) is 18.2 Å². The van der Waals surface area contributed by atoms with E-state index in [1.165, 1.54) is 0 Å². The van der Waals surface area contributed by atoms with E-state index >= 15 is 0 Å². The Morgan fingerprint density at radius 1 is 1.32 bits per heavy atom. The highest BCUT2D eigenvalue weighted by Crippen LogP contribution is 2.25. The average Bonchev–Trinajstić information content (AvgIpc) is 2.65. The molecule has 0 bridgehead atoms. The molecular weight excluding hydrogens is 410 g/mol. The van der Waals surface area contributed by atoms with Crippen LogP contribution in [0.15, 0.2) is 28.7 Å². The van der Waals surface area contributed by atoms with Crippen LogP contribution in [0, 0.1) is 0 Å². The van der Waals surface area contributed by atoms with E-state index in [1.54, 1.807) is 0 Å². The van der Waals surface area contributed by atoms with Crippen LogP contribution in [0.5, 0.6) is 5.75 Å². The Kier molecular flexibility index (Phi) is 8.49. The van der Waals surface area contributed by atoms with E-state index in [0.717, 1.165) is 23.7 Å². The van der Waals surface area contributed by atoms with Gasteiger partial charge in [-0.15, -0.1) is 0 Å². The van der Waals surface area contributed by atoms with E-state index in [9.17, 15) is 4.79 Å². The smallest absolute Gasteiger partial charge is 0.324 e. The van der Waals surface area contributed by atoms with Gasteiger partial charge in [0.25, 0.3) is 0 Å². The van der Waals surface area contributed by atoms with Gasteiger partial charge in [-0.1, -0.05) is 22.9 Å². The fraction of sp³-hybridized carbons (Fsp3) is 0.611. The van der Waals surface area contributed by atoms with Gasteiger partial charge in [-0.3, -0.25) is 4.79 Å². The predicted molar refractivity (Wildman–Crippen MR) is 101 cm³/mol. The zero-order valence-corrected chi connectivity index (χ0v) is 16.9. The number of nitrogens with one attached hydrogen (secondary N) is 1. The Labute approximate surface area is 162 Å². The molecule has 1 heterocycles. The van der Waals surface area contributed by atoms with Crippen molar-refractivity contribution in [3.63, 3.8) is 0 Å². The molecule has 1 aromatic rings. The Bertz CT molecular complexity index is 542. The fourth-order valence-electron chi connectivity index (χ4n) is 2.83. The van der Waals surface area contributed by atoms with Gasteiger partial charge in [0.1, 0.15) is 17.9 Å². The van der Waals surface area contributed by atoms with Gasteiger partial charge in [-0.25, -0.2) is 4.84 Å². The van der Waals surface area contributed by atoms with Gasteiger partial charge in [0.05, 0.1) is 6.10 Å². The normalized spacial score (nSPS) is 27.8. The zero-order chi connectivity index (χ0) is 18.2. The second-order valence-corrected chi connectivity index (χ2v) is 7.31. The third-order valence-corrected chi connectivity index (χ3v) is 4.94. The fourth-order valence-corrected chi connectivity index (χ4v) is 3.29. The lowest BCUT2D eigenvalue weighted by molar-refractivity contribution is -0.159. The summed E-state index contributed by atoms with van der Waals surface area (Å²) in [7, 11) is 0. The van der Waals surface area contributed by atoms with Gasteiger partial charge in [0, 0.05) is 11.1 Å². The topological polar surface area (TPSA) is 56.8 Å². The highest BCUT2D eigenvalue weighted by atomic mass is 79.9. The SMILES string of the molecule is CCCO[C@H]1CCC[C@H](NCl)C(=O)O[C@@H](C)[C@@H]1Oc1ccc(Br)cc1. The molecule has 25 heavy (non-hydrogen) atoms. The maximum absolute atomic E-state index is 12.3. The van der Waals surface area contributed by atoms with Crippen molar-refractivity contribution in [2.75, 3.05) is 6.61 Å². The van der Waals surface area contributed by atoms with E-state index in [4.69, 9.17) is 26.0 Å². The number of esters is 1. The molecule has 0 aromatic heterocycles. The van der Waals surface area contributed by atoms with Crippen LogP contribution >= 0.6 is 27.7 Å². The van der Waals surface area contributed by atoms with Gasteiger partial charge in [-0.2, -0.15) is 0 Å². The van der Waals surface area contributed by atoms with Crippen LogP contribution in [0.25, 0.3) is 0 Å². The number of cyclic esters (lactones) is 1. The molecule has 0 saturated carbocycles. The summed E-state index contributed by atoms with van der Waals surface area (Å²) in [5, 5.41) is 0. The lowest BCUT2D eigenvalue weighted by atomic mass is 10.0. The summed E-state index contributed by atoms with van der Waals surface area (Å²) in [6.07, 6.45) is 2.10. The third-order valence-electron chi connectivity index (χ3n) is 4.15. The molecule has 7 heteroatoms. The first-order valence-corrected chi connectivity index (χ1v) is 9.82. The summed E-state index contributed by atoms with van der Waals surface area (Å²) in [5.41, 5.74) is 0. The molecule has 0 radical (unpaired) electrons. The van der Waals surface area contributed by atoms with E-state index in [2.05, 4.69) is 27.7 Å². The van der Waals surface area contributed by atoms with Crippen molar-refractivity contribution in [3.8, 4) is 5.75 Å². The van der Waals surface area contributed by atoms with Crippen LogP contribution in [-0.4, -0.2) is 36.9 Å². The molecule has 1 N–H and O–H groups in total. The van der Waals surface area contributed by atoms with Crippen molar-refractivity contribution >= 4 is 33.7 Å². The number of halogens is 2. The summed E-state index contributed by atoms with van der Waals surface area (Å²) >= 11 is 9.10. The Hall–Kier alpha value is -0.820. The molecule has 1 fully saturated rings. The molecule has 4 atom stereocenters. The van der Waals surface area contributed by atoms with E-state index in [1.807, 2.05) is 31.2 Å². The Morgan fingerprint density at radius 3 is 2.68 bits per heavy atom. The van der Waals surface area contributed by atoms with Gasteiger partial charge in [0.15, 0.2) is 6.10 Å². The summed E-state index contributed by atoms with van der Waals surface area (Å²) in [6, 6.07) is 7.08. The minimum absolute atomic E-state index is 0.152. The van der Waals surface area contributed by atoms with Crippen LogP contribution in [0.1, 0.15) is 39.5 Å². The molecule has 2 rings (SSSR count). The summed E-state index contributed by atoms with van der Waals surface area (Å²) in [5.74, 6) is 0.357. The van der Waals surface area contributed by atoms with Crippen molar-refractivity contribution in [1.29, 1.82) is 0 Å². The molecule has 0 amide bonds. The van der Waals surface area contributed by atoms with Crippen molar-refractivity contribution < 1.29 is 19.0 Å². The first-order valence-electron chi connectivity index (χ1n) is 8.65. The van der Waals surface area contributed by atoms with Gasteiger partial charge in [-0.05, 0) is 68.6 Å². The quantitative estimate of drug-likeness (QED) is 0.537. The summed E-state index contributed by atoms with van der Waals surface area (Å²) in [4.78, 5) is 14.8. The zero-order valence-electron chi connectivity index (χ0n) is 14.5. The molecule has 0 aliphatic carbocycles. The lowest BCUT2D eigenvalue weighted by Crippen LogP contribution is -2.45. The average molecular weight is 435 g/mol. The van der Waals surface area contributed by atoms with Crippen molar-refractivity contribution in [2.45, 2.75) is 63.9 Å². The van der Waals surface area contributed by atoms with E-state index in [0.29, 0.717) is 18.8 Å². The second-order valence-electron chi connectivity index (χ2n) is 6.18. The van der Waals surface area contributed by atoms with Crippen molar-refractivity contribution in [1.82, 2.24) is 4.84 Å². The molecule has 1 aliphatic rings. The maximum Gasteiger partial charge on any atom is 0.324 e. The number of carbonyl (C=O) groups excluding carboxylic acids is 1. The molecule has 5 nitrogen and oxygen atoms in total. The number of hydrogen-bond acceptors (Lipinski definition) is 5. The summed E-state index contributed by atoms with van der Waals surface area (Å²) in [6.45, 7) is 4.54. The number of carbonyl (C=O) groups is 1. The van der Waals surface area contributed by atoms with Crippen LogP contribution in [0.2, 0.25) is 0 Å². The number of benzene rings is 1. The van der Waals surface area contributed by atoms with Crippen LogP contribution in [-0.2, 0) is 14.3 Å². The minimum atomic E-state index is -0.512. The third kappa shape index (κ3) is 6.13. The Morgan fingerprint density at radius 2 is 2.04 bits per heavy atom. The highest BCUT2D eigenvalue weighted by Gasteiger charge is 2.35. The minimum Gasteiger partial charge on any atom is -0.484 e. The van der Waals surface area contributed by atoms with Crippen LogP contribution in [0.4, 0.5) is 0 Å². The monoisotopic (exact) mass is 433 g/mol. The summed E-state index contributed by atoms with van der Waals surface area (Å²) < 4.78 is 18.8. The molecule has 1 aromatic carbocycles. The van der Waals surface area contributed by atoms with Gasteiger partial charge >= 0.3 is 5.97 Å². The Balaban J connectivity index is 2.19. The molecule has 1 saturated heterocycles. The number of rotatable bonds is 6. The second kappa shape index (κ2) is 10.4. The predicted octanol–water partition coefficient (Wildman–Crippen LogP) is 4.22. The van der Waals surface area contributed by atoms with Gasteiger partial charge < -0.3 is 14.2 Å². The van der Waals surface area contributed by atoms with Crippen LogP contribution in [0.3, 0.4) is 0 Å². The van der Waals surface area contributed by atoms with Crippen LogP contribution < -0.4 is 9.57 Å². The number of ether oxygens (including phenoxy) is 3. The van der Waals surface area contributed by atoms with Crippen molar-refractivity contribution in [3.05, 3.63) is 28.7 Å². The van der Waals surface area contributed by atoms with Gasteiger partial charge in [0.2, 0.25) is 0 Å². The number of hydrogen-bond donors (Lipinski definition) is 1. The van der Waals surface area contributed by atoms with Crippen molar-refractivity contribution in [2.24, 2.45) is 0 Å². The molecule has 0 unspecified atom stereocenters.